The number of rotatable bonds is 5. The zero-order valence-corrected chi connectivity index (χ0v) is 11.9. The van der Waals surface area contributed by atoms with Crippen LogP contribution in [0.2, 0.25) is 0 Å². The van der Waals surface area contributed by atoms with Crippen molar-refractivity contribution in [1.29, 1.82) is 0 Å². The van der Waals surface area contributed by atoms with Gasteiger partial charge in [0.2, 0.25) is 0 Å². The van der Waals surface area contributed by atoms with E-state index in [-0.39, 0.29) is 11.3 Å². The van der Waals surface area contributed by atoms with Crippen LogP contribution in [0.25, 0.3) is 0 Å². The highest BCUT2D eigenvalue weighted by Crippen LogP contribution is 2.41. The van der Waals surface area contributed by atoms with Crippen molar-refractivity contribution in [2.75, 3.05) is 6.54 Å². The molecule has 0 radical (unpaired) electrons. The Labute approximate surface area is 115 Å². The van der Waals surface area contributed by atoms with Crippen molar-refractivity contribution in [3.63, 3.8) is 0 Å². The van der Waals surface area contributed by atoms with Crippen LogP contribution in [0.1, 0.15) is 49.0 Å². The molecule has 1 fully saturated rings. The third-order valence-corrected chi connectivity index (χ3v) is 4.34. The van der Waals surface area contributed by atoms with Crippen LogP contribution in [0.4, 0.5) is 0 Å². The average Bonchev–Trinajstić information content (AvgIpc) is 2.33. The van der Waals surface area contributed by atoms with E-state index < -0.39 is 0 Å². The molecule has 3 N–H and O–H groups in total. The van der Waals surface area contributed by atoms with Crippen LogP contribution in [-0.2, 0) is 6.54 Å². The van der Waals surface area contributed by atoms with Crippen molar-refractivity contribution in [3.8, 4) is 0 Å². The Morgan fingerprint density at radius 3 is 2.74 bits per heavy atom. The predicted octanol–water partition coefficient (Wildman–Crippen LogP) is 2.70. The number of nitrogens with one attached hydrogen (secondary N) is 1. The SMILES string of the molecule is CC(C)(CNC(=O)c1cccc(CN)c1)C1CCC1. The van der Waals surface area contributed by atoms with Crippen molar-refractivity contribution in [2.45, 2.75) is 39.7 Å². The van der Waals surface area contributed by atoms with Crippen molar-refractivity contribution in [2.24, 2.45) is 17.1 Å². The van der Waals surface area contributed by atoms with E-state index in [0.29, 0.717) is 12.1 Å². The first-order valence-corrected chi connectivity index (χ1v) is 7.10. The summed E-state index contributed by atoms with van der Waals surface area (Å²) in [5.74, 6) is 0.755. The molecule has 0 atom stereocenters. The Hall–Kier alpha value is -1.35. The van der Waals surface area contributed by atoms with Gasteiger partial charge in [0, 0.05) is 18.7 Å². The number of hydrogen-bond acceptors (Lipinski definition) is 2. The molecule has 1 aliphatic carbocycles. The fraction of sp³-hybridized carbons (Fsp3) is 0.562. The second-order valence-corrected chi connectivity index (χ2v) is 6.20. The third kappa shape index (κ3) is 3.35. The minimum absolute atomic E-state index is 0.00250. The van der Waals surface area contributed by atoms with Crippen molar-refractivity contribution >= 4 is 5.91 Å². The van der Waals surface area contributed by atoms with Gasteiger partial charge >= 0.3 is 0 Å². The van der Waals surface area contributed by atoms with E-state index in [1.807, 2.05) is 24.3 Å². The number of benzene rings is 1. The monoisotopic (exact) mass is 260 g/mol. The lowest BCUT2D eigenvalue weighted by molar-refractivity contribution is 0.0858. The summed E-state index contributed by atoms with van der Waals surface area (Å²) in [5.41, 5.74) is 7.48. The van der Waals surface area contributed by atoms with Crippen molar-refractivity contribution < 1.29 is 4.79 Å². The molecule has 3 nitrogen and oxygen atoms in total. The van der Waals surface area contributed by atoms with Crippen LogP contribution in [0, 0.1) is 11.3 Å². The zero-order chi connectivity index (χ0) is 13.9. The molecule has 1 amide bonds. The van der Waals surface area contributed by atoms with Gasteiger partial charge in [0.25, 0.3) is 5.91 Å². The maximum absolute atomic E-state index is 12.1. The molecule has 0 spiro atoms. The lowest BCUT2D eigenvalue weighted by atomic mass is 9.67. The number of nitrogens with two attached hydrogens (primary N) is 1. The molecule has 0 saturated heterocycles. The van der Waals surface area contributed by atoms with E-state index in [4.69, 9.17) is 5.73 Å². The van der Waals surface area contributed by atoms with Crippen LogP contribution in [-0.4, -0.2) is 12.5 Å². The van der Waals surface area contributed by atoms with E-state index >= 15 is 0 Å². The standard InChI is InChI=1S/C16H24N2O/c1-16(2,14-7-4-8-14)11-18-15(19)13-6-3-5-12(9-13)10-17/h3,5-6,9,14H,4,7-8,10-11,17H2,1-2H3,(H,18,19). The van der Waals surface area contributed by atoms with Crippen LogP contribution in [0.3, 0.4) is 0 Å². The van der Waals surface area contributed by atoms with Crippen LogP contribution < -0.4 is 11.1 Å². The van der Waals surface area contributed by atoms with Gasteiger partial charge in [0.05, 0.1) is 0 Å². The normalized spacial score (nSPS) is 15.9. The highest BCUT2D eigenvalue weighted by atomic mass is 16.1. The number of hydrogen-bond donors (Lipinski definition) is 2. The Morgan fingerprint density at radius 1 is 1.42 bits per heavy atom. The van der Waals surface area contributed by atoms with E-state index in [1.165, 1.54) is 19.3 Å². The Kier molecular flexibility index (Phi) is 4.25. The molecule has 1 aromatic carbocycles. The quantitative estimate of drug-likeness (QED) is 0.855. The molecule has 1 saturated carbocycles. The third-order valence-electron chi connectivity index (χ3n) is 4.34. The minimum Gasteiger partial charge on any atom is -0.351 e. The van der Waals surface area contributed by atoms with E-state index in [1.54, 1.807) is 0 Å². The molecule has 1 aliphatic rings. The van der Waals surface area contributed by atoms with Gasteiger partial charge in [-0.2, -0.15) is 0 Å². The van der Waals surface area contributed by atoms with Gasteiger partial charge in [-0.15, -0.1) is 0 Å². The number of carbonyl (C=O) groups is 1. The second-order valence-electron chi connectivity index (χ2n) is 6.20. The molecule has 0 aliphatic heterocycles. The Bertz CT molecular complexity index is 450. The molecule has 19 heavy (non-hydrogen) atoms. The summed E-state index contributed by atoms with van der Waals surface area (Å²) in [6, 6.07) is 7.53. The molecule has 1 aromatic rings. The molecule has 0 heterocycles. The number of amides is 1. The minimum atomic E-state index is 0.00250. The van der Waals surface area contributed by atoms with Gasteiger partial charge in [0.15, 0.2) is 0 Å². The van der Waals surface area contributed by atoms with Crippen LogP contribution in [0.15, 0.2) is 24.3 Å². The molecule has 0 aromatic heterocycles. The summed E-state index contributed by atoms with van der Waals surface area (Å²) in [7, 11) is 0. The first kappa shape index (κ1) is 14.1. The van der Waals surface area contributed by atoms with Gasteiger partial charge < -0.3 is 11.1 Å². The lowest BCUT2D eigenvalue weighted by Gasteiger charge is -2.40. The van der Waals surface area contributed by atoms with Gasteiger partial charge in [-0.3, -0.25) is 4.79 Å². The van der Waals surface area contributed by atoms with Crippen molar-refractivity contribution in [1.82, 2.24) is 5.32 Å². The molecule has 0 bridgehead atoms. The molecule has 104 valence electrons. The molecular formula is C16H24N2O. The Morgan fingerprint density at radius 2 is 2.16 bits per heavy atom. The van der Waals surface area contributed by atoms with Crippen LogP contribution in [0.5, 0.6) is 0 Å². The largest absolute Gasteiger partial charge is 0.351 e. The summed E-state index contributed by atoms with van der Waals surface area (Å²) in [5, 5.41) is 3.06. The van der Waals surface area contributed by atoms with Gasteiger partial charge in [-0.05, 0) is 41.9 Å². The second kappa shape index (κ2) is 5.74. The fourth-order valence-electron chi connectivity index (χ4n) is 2.58. The topological polar surface area (TPSA) is 55.1 Å². The zero-order valence-electron chi connectivity index (χ0n) is 11.9. The van der Waals surface area contributed by atoms with Gasteiger partial charge in [0.1, 0.15) is 0 Å². The molecule has 2 rings (SSSR count). The number of carbonyl (C=O) groups excluding carboxylic acids is 1. The Balaban J connectivity index is 1.93. The predicted molar refractivity (Wildman–Crippen MR) is 77.8 cm³/mol. The summed E-state index contributed by atoms with van der Waals surface area (Å²) < 4.78 is 0. The highest BCUT2D eigenvalue weighted by Gasteiger charge is 2.33. The molecule has 0 unspecified atom stereocenters. The van der Waals surface area contributed by atoms with E-state index in [0.717, 1.165) is 18.0 Å². The summed E-state index contributed by atoms with van der Waals surface area (Å²) in [6.45, 7) is 5.69. The first-order chi connectivity index (χ1) is 9.03. The van der Waals surface area contributed by atoms with E-state index in [9.17, 15) is 4.79 Å². The van der Waals surface area contributed by atoms with Crippen molar-refractivity contribution in [3.05, 3.63) is 35.4 Å². The summed E-state index contributed by atoms with van der Waals surface area (Å²) in [6.07, 6.45) is 3.93. The average molecular weight is 260 g/mol. The van der Waals surface area contributed by atoms with E-state index in [2.05, 4.69) is 19.2 Å². The molecule has 3 heteroatoms. The molecular weight excluding hydrogens is 236 g/mol. The fourth-order valence-corrected chi connectivity index (χ4v) is 2.58. The first-order valence-electron chi connectivity index (χ1n) is 7.10. The van der Waals surface area contributed by atoms with Gasteiger partial charge in [-0.25, -0.2) is 0 Å². The van der Waals surface area contributed by atoms with Gasteiger partial charge in [-0.1, -0.05) is 32.4 Å². The lowest BCUT2D eigenvalue weighted by Crippen LogP contribution is -2.41. The smallest absolute Gasteiger partial charge is 0.251 e. The highest BCUT2D eigenvalue weighted by molar-refractivity contribution is 5.94. The maximum atomic E-state index is 12.1. The maximum Gasteiger partial charge on any atom is 0.251 e. The summed E-state index contributed by atoms with van der Waals surface area (Å²) in [4.78, 5) is 12.1. The summed E-state index contributed by atoms with van der Waals surface area (Å²) >= 11 is 0. The van der Waals surface area contributed by atoms with Crippen LogP contribution >= 0.6 is 0 Å².